The van der Waals surface area contributed by atoms with E-state index in [0.717, 1.165) is 5.69 Å². The summed E-state index contributed by atoms with van der Waals surface area (Å²) >= 11 is 0. The number of hydrogen-bond donors (Lipinski definition) is 1. The number of nitrogens with one attached hydrogen (secondary N) is 1. The standard InChI is InChI=1S/C15H15N3O2/c19-14-11-18(10-7-16-14)15(20)12-3-5-13(6-4-12)17-8-1-2-9-17/h1-6,8-9H,7,10-11H2,(H,16,19). The van der Waals surface area contributed by atoms with Crippen LogP contribution in [0.1, 0.15) is 10.4 Å². The molecule has 1 aromatic heterocycles. The van der Waals surface area contributed by atoms with Crippen LogP contribution in [0.25, 0.3) is 5.69 Å². The van der Waals surface area contributed by atoms with Crippen LogP contribution in [0.5, 0.6) is 0 Å². The second kappa shape index (κ2) is 5.21. The monoisotopic (exact) mass is 269 g/mol. The molecular formula is C15H15N3O2. The van der Waals surface area contributed by atoms with E-state index < -0.39 is 0 Å². The van der Waals surface area contributed by atoms with Gasteiger partial charge in [-0.2, -0.15) is 0 Å². The third-order valence-corrected chi connectivity index (χ3v) is 3.34. The molecule has 2 aromatic rings. The lowest BCUT2D eigenvalue weighted by molar-refractivity contribution is -0.123. The minimum absolute atomic E-state index is 0.0982. The zero-order chi connectivity index (χ0) is 13.9. The molecular weight excluding hydrogens is 254 g/mol. The molecule has 0 radical (unpaired) electrons. The van der Waals surface area contributed by atoms with Gasteiger partial charge in [0, 0.05) is 36.7 Å². The van der Waals surface area contributed by atoms with Gasteiger partial charge in [-0.1, -0.05) is 0 Å². The third kappa shape index (κ3) is 2.42. The summed E-state index contributed by atoms with van der Waals surface area (Å²) < 4.78 is 1.97. The van der Waals surface area contributed by atoms with E-state index in [1.807, 2.05) is 41.2 Å². The van der Waals surface area contributed by atoms with Gasteiger partial charge >= 0.3 is 0 Å². The molecule has 1 saturated heterocycles. The van der Waals surface area contributed by atoms with Crippen molar-refractivity contribution in [1.82, 2.24) is 14.8 Å². The largest absolute Gasteiger partial charge is 0.353 e. The molecule has 1 N–H and O–H groups in total. The zero-order valence-electron chi connectivity index (χ0n) is 11.0. The van der Waals surface area contributed by atoms with E-state index in [0.29, 0.717) is 18.7 Å². The number of amides is 2. The summed E-state index contributed by atoms with van der Waals surface area (Å²) in [5.41, 5.74) is 1.61. The summed E-state index contributed by atoms with van der Waals surface area (Å²) in [7, 11) is 0. The van der Waals surface area contributed by atoms with Gasteiger partial charge in [0.1, 0.15) is 0 Å². The van der Waals surface area contributed by atoms with Crippen LogP contribution >= 0.6 is 0 Å². The highest BCUT2D eigenvalue weighted by Gasteiger charge is 2.21. The lowest BCUT2D eigenvalue weighted by atomic mass is 10.1. The van der Waals surface area contributed by atoms with Gasteiger partial charge in [-0.25, -0.2) is 0 Å². The van der Waals surface area contributed by atoms with Crippen LogP contribution in [0.4, 0.5) is 0 Å². The summed E-state index contributed by atoms with van der Waals surface area (Å²) in [5.74, 6) is -0.201. The van der Waals surface area contributed by atoms with Gasteiger partial charge < -0.3 is 14.8 Å². The first-order valence-electron chi connectivity index (χ1n) is 6.53. The summed E-state index contributed by atoms with van der Waals surface area (Å²) in [5, 5.41) is 2.71. The smallest absolute Gasteiger partial charge is 0.254 e. The Morgan fingerprint density at radius 1 is 1.10 bits per heavy atom. The van der Waals surface area contributed by atoms with Crippen molar-refractivity contribution in [2.24, 2.45) is 0 Å². The maximum Gasteiger partial charge on any atom is 0.254 e. The van der Waals surface area contributed by atoms with Gasteiger partial charge in [0.15, 0.2) is 0 Å². The highest BCUT2D eigenvalue weighted by molar-refractivity contribution is 5.97. The van der Waals surface area contributed by atoms with Crippen LogP contribution < -0.4 is 5.32 Å². The van der Waals surface area contributed by atoms with E-state index in [1.165, 1.54) is 0 Å². The Morgan fingerprint density at radius 2 is 1.80 bits per heavy atom. The molecule has 0 spiro atoms. The molecule has 3 rings (SSSR count). The fraction of sp³-hybridized carbons (Fsp3) is 0.200. The number of carbonyl (C=O) groups excluding carboxylic acids is 2. The molecule has 5 nitrogen and oxygen atoms in total. The van der Waals surface area contributed by atoms with Crippen molar-refractivity contribution in [3.8, 4) is 5.69 Å². The van der Waals surface area contributed by atoms with Crippen LogP contribution in [0.15, 0.2) is 48.8 Å². The Bertz CT molecular complexity index is 617. The third-order valence-electron chi connectivity index (χ3n) is 3.34. The first kappa shape index (κ1) is 12.5. The molecule has 1 aliphatic rings. The van der Waals surface area contributed by atoms with Crippen molar-refractivity contribution in [2.75, 3.05) is 19.6 Å². The van der Waals surface area contributed by atoms with Gasteiger partial charge in [-0.05, 0) is 36.4 Å². The predicted octanol–water partition coefficient (Wildman–Crippen LogP) is 1.05. The van der Waals surface area contributed by atoms with Gasteiger partial charge in [-0.15, -0.1) is 0 Å². The Hall–Kier alpha value is -2.56. The van der Waals surface area contributed by atoms with E-state index in [1.54, 1.807) is 17.0 Å². The lowest BCUT2D eigenvalue weighted by Gasteiger charge is -2.26. The summed E-state index contributed by atoms with van der Waals surface area (Å²) in [4.78, 5) is 25.2. The maximum atomic E-state index is 12.3. The highest BCUT2D eigenvalue weighted by atomic mass is 16.2. The van der Waals surface area contributed by atoms with Crippen LogP contribution in [0.3, 0.4) is 0 Å². The second-order valence-corrected chi connectivity index (χ2v) is 4.71. The average Bonchev–Trinajstić information content (AvgIpc) is 3.01. The summed E-state index contributed by atoms with van der Waals surface area (Å²) in [6.07, 6.45) is 3.90. The molecule has 5 heteroatoms. The predicted molar refractivity (Wildman–Crippen MR) is 74.7 cm³/mol. The zero-order valence-corrected chi connectivity index (χ0v) is 11.0. The first-order valence-corrected chi connectivity index (χ1v) is 6.53. The number of piperazine rings is 1. The van der Waals surface area contributed by atoms with E-state index in [-0.39, 0.29) is 18.4 Å². The molecule has 2 amide bonds. The first-order chi connectivity index (χ1) is 9.74. The van der Waals surface area contributed by atoms with Crippen molar-refractivity contribution in [3.63, 3.8) is 0 Å². The van der Waals surface area contributed by atoms with Crippen molar-refractivity contribution in [1.29, 1.82) is 0 Å². The minimum atomic E-state index is -0.103. The highest BCUT2D eigenvalue weighted by Crippen LogP contribution is 2.12. The molecule has 1 aliphatic heterocycles. The Kier molecular flexibility index (Phi) is 3.25. The van der Waals surface area contributed by atoms with Gasteiger partial charge in [-0.3, -0.25) is 9.59 Å². The number of hydrogen-bond acceptors (Lipinski definition) is 2. The molecule has 1 aromatic carbocycles. The molecule has 0 bridgehead atoms. The van der Waals surface area contributed by atoms with E-state index in [4.69, 9.17) is 0 Å². The molecule has 102 valence electrons. The Labute approximate surface area is 116 Å². The quantitative estimate of drug-likeness (QED) is 0.886. The fourth-order valence-corrected chi connectivity index (χ4v) is 2.28. The molecule has 0 aliphatic carbocycles. The Balaban J connectivity index is 1.77. The van der Waals surface area contributed by atoms with E-state index in [9.17, 15) is 9.59 Å². The van der Waals surface area contributed by atoms with Crippen molar-refractivity contribution in [3.05, 3.63) is 54.4 Å². The molecule has 2 heterocycles. The van der Waals surface area contributed by atoms with Gasteiger partial charge in [0.05, 0.1) is 6.54 Å². The topological polar surface area (TPSA) is 54.3 Å². The number of benzene rings is 1. The van der Waals surface area contributed by atoms with Crippen molar-refractivity contribution < 1.29 is 9.59 Å². The van der Waals surface area contributed by atoms with Crippen LogP contribution in [-0.4, -0.2) is 40.9 Å². The van der Waals surface area contributed by atoms with E-state index in [2.05, 4.69) is 5.32 Å². The molecule has 1 fully saturated rings. The minimum Gasteiger partial charge on any atom is -0.353 e. The van der Waals surface area contributed by atoms with Crippen molar-refractivity contribution >= 4 is 11.8 Å². The van der Waals surface area contributed by atoms with Crippen LogP contribution in [0, 0.1) is 0 Å². The molecule has 0 unspecified atom stereocenters. The van der Waals surface area contributed by atoms with Crippen LogP contribution in [-0.2, 0) is 4.79 Å². The lowest BCUT2D eigenvalue weighted by Crippen LogP contribution is -2.49. The Morgan fingerprint density at radius 3 is 2.45 bits per heavy atom. The molecule has 0 saturated carbocycles. The normalized spacial score (nSPS) is 15.0. The number of aromatic nitrogens is 1. The number of nitrogens with zero attached hydrogens (tertiary/aromatic N) is 2. The summed E-state index contributed by atoms with van der Waals surface area (Å²) in [6.45, 7) is 1.22. The summed E-state index contributed by atoms with van der Waals surface area (Å²) in [6, 6.07) is 11.3. The van der Waals surface area contributed by atoms with Crippen molar-refractivity contribution in [2.45, 2.75) is 0 Å². The maximum absolute atomic E-state index is 12.3. The average molecular weight is 269 g/mol. The van der Waals surface area contributed by atoms with E-state index >= 15 is 0 Å². The molecule has 0 atom stereocenters. The van der Waals surface area contributed by atoms with Gasteiger partial charge in [0.25, 0.3) is 5.91 Å². The van der Waals surface area contributed by atoms with Crippen LogP contribution in [0.2, 0.25) is 0 Å². The SMILES string of the molecule is O=C1CN(C(=O)c2ccc(-n3cccc3)cc2)CCN1. The fourth-order valence-electron chi connectivity index (χ4n) is 2.28. The number of carbonyl (C=O) groups is 2. The molecule has 20 heavy (non-hydrogen) atoms. The van der Waals surface area contributed by atoms with Gasteiger partial charge in [0.2, 0.25) is 5.91 Å². The number of rotatable bonds is 2. The second-order valence-electron chi connectivity index (χ2n) is 4.71.